The zero-order valence-electron chi connectivity index (χ0n) is 15.4. The molecule has 1 aliphatic rings. The summed E-state index contributed by atoms with van der Waals surface area (Å²) in [6.07, 6.45) is 0. The molecule has 7 nitrogen and oxygen atoms in total. The summed E-state index contributed by atoms with van der Waals surface area (Å²) in [5.41, 5.74) is 1.79. The van der Waals surface area contributed by atoms with Crippen LogP contribution in [-0.4, -0.2) is 40.3 Å². The van der Waals surface area contributed by atoms with Crippen molar-refractivity contribution in [1.29, 1.82) is 0 Å². The lowest BCUT2D eigenvalue weighted by Gasteiger charge is -2.19. The molecule has 1 unspecified atom stereocenters. The number of fused-ring (bicyclic) bond motifs is 1. The Hall–Kier alpha value is -2.80. The molecule has 1 atom stereocenters. The quantitative estimate of drug-likeness (QED) is 0.775. The van der Waals surface area contributed by atoms with Gasteiger partial charge in [0.25, 0.3) is 0 Å². The number of benzene rings is 2. The highest BCUT2D eigenvalue weighted by Gasteiger charge is 2.21. The average molecular weight is 362 g/mol. The van der Waals surface area contributed by atoms with Gasteiger partial charge in [0.1, 0.15) is 18.8 Å². The summed E-state index contributed by atoms with van der Waals surface area (Å²) >= 11 is 0. The summed E-state index contributed by atoms with van der Waals surface area (Å²) in [5.74, 6) is 3.29. The van der Waals surface area contributed by atoms with Gasteiger partial charge in [0.2, 0.25) is 12.5 Å². The number of hydrogen-bond acceptors (Lipinski definition) is 6. The van der Waals surface area contributed by atoms with E-state index in [1.54, 1.807) is 27.4 Å². The average Bonchev–Trinajstić information content (AvgIpc) is 3.08. The second-order valence-corrected chi connectivity index (χ2v) is 6.14. The molecule has 2 aromatic rings. The van der Waals surface area contributed by atoms with Crippen molar-refractivity contribution in [3.05, 3.63) is 35.4 Å². The Morgan fingerprint density at radius 1 is 0.923 bits per heavy atom. The van der Waals surface area contributed by atoms with Crippen LogP contribution in [0.15, 0.2) is 24.3 Å². The third kappa shape index (κ3) is 3.43. The first kappa shape index (κ1) is 18.0. The molecule has 0 aromatic heterocycles. The normalized spacial score (nSPS) is 13.4. The Balaban J connectivity index is 1.79. The molecule has 0 saturated heterocycles. The zero-order valence-corrected chi connectivity index (χ0v) is 15.4. The fourth-order valence-corrected chi connectivity index (χ4v) is 3.13. The summed E-state index contributed by atoms with van der Waals surface area (Å²) in [5, 5.41) is 10.2. The molecule has 140 valence electrons. The molecular weight excluding hydrogens is 338 g/mol. The maximum Gasteiger partial charge on any atom is 0.231 e. The van der Waals surface area contributed by atoms with E-state index in [9.17, 15) is 5.11 Å². The number of aromatic hydroxyl groups is 1. The van der Waals surface area contributed by atoms with E-state index in [4.69, 9.17) is 23.7 Å². The van der Waals surface area contributed by atoms with Crippen molar-refractivity contribution in [3.8, 4) is 34.5 Å². The Morgan fingerprint density at radius 2 is 1.58 bits per heavy atom. The van der Waals surface area contributed by atoms with Crippen molar-refractivity contribution in [1.82, 2.24) is 0 Å². The first-order chi connectivity index (χ1) is 12.6. The standard InChI is InChI=1S/C19H23NO6/c1-20(10-13-7-16-17(8-14(13)21)26-11-25-16)9-12-5-6-15(22-2)19(24-4)18(12)23-3/h5-8,21H,9-11H2,1-4H3/p+1. The first-order valence-corrected chi connectivity index (χ1v) is 8.28. The largest absolute Gasteiger partial charge is 0.507 e. The molecule has 0 aliphatic carbocycles. The second-order valence-electron chi connectivity index (χ2n) is 6.14. The third-order valence-electron chi connectivity index (χ3n) is 4.34. The summed E-state index contributed by atoms with van der Waals surface area (Å²) in [7, 11) is 6.84. The van der Waals surface area contributed by atoms with Gasteiger partial charge in [0, 0.05) is 6.07 Å². The summed E-state index contributed by atoms with van der Waals surface area (Å²) in [4.78, 5) is 1.16. The SMILES string of the molecule is COc1ccc(C[NH+](C)Cc2cc3c(cc2O)OCO3)c(OC)c1OC. The van der Waals surface area contributed by atoms with Gasteiger partial charge in [0.05, 0.1) is 39.5 Å². The fraction of sp³-hybridized carbons (Fsp3) is 0.368. The minimum absolute atomic E-state index is 0.184. The number of ether oxygens (including phenoxy) is 5. The summed E-state index contributed by atoms with van der Waals surface area (Å²) in [6, 6.07) is 7.25. The van der Waals surface area contributed by atoms with E-state index in [0.29, 0.717) is 41.8 Å². The molecule has 2 aromatic carbocycles. The van der Waals surface area contributed by atoms with Gasteiger partial charge in [-0.2, -0.15) is 0 Å². The molecule has 1 heterocycles. The minimum Gasteiger partial charge on any atom is -0.507 e. The predicted molar refractivity (Wildman–Crippen MR) is 94.6 cm³/mol. The van der Waals surface area contributed by atoms with E-state index in [1.165, 1.54) is 0 Å². The van der Waals surface area contributed by atoms with Crippen LogP contribution in [0.1, 0.15) is 11.1 Å². The van der Waals surface area contributed by atoms with E-state index in [0.717, 1.165) is 16.0 Å². The number of methoxy groups -OCH3 is 3. The molecular formula is C19H24NO6+. The van der Waals surface area contributed by atoms with E-state index in [2.05, 4.69) is 0 Å². The number of phenolic OH excluding ortho intramolecular Hbond substituents is 1. The van der Waals surface area contributed by atoms with Crippen molar-refractivity contribution < 1.29 is 33.7 Å². The van der Waals surface area contributed by atoms with Gasteiger partial charge in [-0.1, -0.05) is 0 Å². The zero-order chi connectivity index (χ0) is 18.7. The van der Waals surface area contributed by atoms with Gasteiger partial charge >= 0.3 is 0 Å². The Labute approximate surface area is 152 Å². The van der Waals surface area contributed by atoms with Crippen LogP contribution in [0.25, 0.3) is 0 Å². The van der Waals surface area contributed by atoms with Crippen LogP contribution in [0.5, 0.6) is 34.5 Å². The minimum atomic E-state index is 0.184. The van der Waals surface area contributed by atoms with E-state index >= 15 is 0 Å². The lowest BCUT2D eigenvalue weighted by Crippen LogP contribution is -3.06. The third-order valence-corrected chi connectivity index (χ3v) is 4.34. The van der Waals surface area contributed by atoms with Crippen molar-refractivity contribution in [3.63, 3.8) is 0 Å². The number of quaternary nitrogens is 1. The molecule has 3 rings (SSSR count). The molecule has 0 fully saturated rings. The second kappa shape index (κ2) is 7.61. The van der Waals surface area contributed by atoms with Gasteiger partial charge < -0.3 is 33.7 Å². The van der Waals surface area contributed by atoms with Crippen molar-refractivity contribution in [2.75, 3.05) is 35.2 Å². The highest BCUT2D eigenvalue weighted by atomic mass is 16.7. The number of hydrogen-bond donors (Lipinski definition) is 2. The highest BCUT2D eigenvalue weighted by Crippen LogP contribution is 2.40. The fourth-order valence-electron chi connectivity index (χ4n) is 3.13. The summed E-state index contributed by atoms with van der Waals surface area (Å²) < 4.78 is 27.0. The van der Waals surface area contributed by atoms with Crippen LogP contribution in [0.3, 0.4) is 0 Å². The lowest BCUT2D eigenvalue weighted by atomic mass is 10.1. The van der Waals surface area contributed by atoms with Crippen LogP contribution < -0.4 is 28.6 Å². The van der Waals surface area contributed by atoms with E-state index in [-0.39, 0.29) is 12.5 Å². The van der Waals surface area contributed by atoms with Gasteiger partial charge in [0.15, 0.2) is 23.0 Å². The molecule has 0 amide bonds. The molecule has 0 bridgehead atoms. The van der Waals surface area contributed by atoms with E-state index < -0.39 is 0 Å². The van der Waals surface area contributed by atoms with Crippen LogP contribution >= 0.6 is 0 Å². The van der Waals surface area contributed by atoms with Crippen molar-refractivity contribution >= 4 is 0 Å². The Bertz CT molecular complexity index is 792. The van der Waals surface area contributed by atoms with Crippen molar-refractivity contribution in [2.24, 2.45) is 0 Å². The maximum absolute atomic E-state index is 10.2. The molecule has 1 aliphatic heterocycles. The number of phenols is 1. The van der Waals surface area contributed by atoms with E-state index in [1.807, 2.05) is 25.2 Å². The molecule has 26 heavy (non-hydrogen) atoms. The summed E-state index contributed by atoms with van der Waals surface area (Å²) in [6.45, 7) is 1.47. The Kier molecular flexibility index (Phi) is 5.27. The predicted octanol–water partition coefficient (Wildman–Crippen LogP) is 1.36. The first-order valence-electron chi connectivity index (χ1n) is 8.28. The van der Waals surface area contributed by atoms with Gasteiger partial charge in [-0.15, -0.1) is 0 Å². The molecule has 0 saturated carbocycles. The topological polar surface area (TPSA) is 70.8 Å². The Morgan fingerprint density at radius 3 is 2.23 bits per heavy atom. The van der Waals surface area contributed by atoms with Crippen LogP contribution in [0.4, 0.5) is 0 Å². The molecule has 7 heteroatoms. The molecule has 0 spiro atoms. The highest BCUT2D eigenvalue weighted by molar-refractivity contribution is 5.55. The number of nitrogens with one attached hydrogen (secondary N) is 1. The molecule has 2 N–H and O–H groups in total. The lowest BCUT2D eigenvalue weighted by molar-refractivity contribution is -0.907. The maximum atomic E-state index is 10.2. The van der Waals surface area contributed by atoms with Crippen LogP contribution in [0, 0.1) is 0 Å². The molecule has 0 radical (unpaired) electrons. The van der Waals surface area contributed by atoms with Crippen LogP contribution in [-0.2, 0) is 13.1 Å². The van der Waals surface area contributed by atoms with Gasteiger partial charge in [-0.05, 0) is 18.2 Å². The van der Waals surface area contributed by atoms with Gasteiger partial charge in [-0.3, -0.25) is 0 Å². The van der Waals surface area contributed by atoms with Crippen molar-refractivity contribution in [2.45, 2.75) is 13.1 Å². The van der Waals surface area contributed by atoms with Gasteiger partial charge in [-0.25, -0.2) is 0 Å². The smallest absolute Gasteiger partial charge is 0.231 e. The van der Waals surface area contributed by atoms with Crippen LogP contribution in [0.2, 0.25) is 0 Å². The monoisotopic (exact) mass is 362 g/mol. The number of rotatable bonds is 7.